The molecule has 28 heavy (non-hydrogen) atoms. The molecule has 0 spiro atoms. The Labute approximate surface area is 172 Å². The van der Waals surface area contributed by atoms with Gasteiger partial charge in [0.1, 0.15) is 0 Å². The lowest BCUT2D eigenvalue weighted by molar-refractivity contribution is 0.584. The molecule has 0 radical (unpaired) electrons. The molecule has 0 atom stereocenters. The van der Waals surface area contributed by atoms with Gasteiger partial charge in [0.05, 0.1) is 0 Å². The van der Waals surface area contributed by atoms with Crippen molar-refractivity contribution in [1.82, 2.24) is 0 Å². The van der Waals surface area contributed by atoms with E-state index in [-0.39, 0.29) is 10.8 Å². The third kappa shape index (κ3) is 4.02. The van der Waals surface area contributed by atoms with E-state index in [1.807, 2.05) is 0 Å². The number of hydrogen-bond donors (Lipinski definition) is 0. The third-order valence-corrected chi connectivity index (χ3v) is 6.00. The first kappa shape index (κ1) is 20.6. The molecule has 0 nitrogen and oxygen atoms in total. The fourth-order valence-electron chi connectivity index (χ4n) is 4.41. The van der Waals surface area contributed by atoms with Crippen LogP contribution < -0.4 is 0 Å². The maximum absolute atomic E-state index is 2.29. The summed E-state index contributed by atoms with van der Waals surface area (Å²) < 4.78 is 0. The van der Waals surface area contributed by atoms with Gasteiger partial charge in [-0.15, -0.1) is 0 Å². The van der Waals surface area contributed by atoms with Crippen LogP contribution in [0, 0.1) is 13.8 Å². The molecule has 0 bridgehead atoms. The molecule has 0 aromatic heterocycles. The molecule has 0 amide bonds. The quantitative estimate of drug-likeness (QED) is 0.444. The summed E-state index contributed by atoms with van der Waals surface area (Å²) in [5.74, 6) is 0. The van der Waals surface area contributed by atoms with Gasteiger partial charge in [-0.2, -0.15) is 0 Å². The van der Waals surface area contributed by atoms with Crippen molar-refractivity contribution in [1.29, 1.82) is 0 Å². The number of allylic oxidation sites excluding steroid dienone is 2. The molecule has 4 rings (SSSR count). The van der Waals surface area contributed by atoms with Crippen LogP contribution in [-0.2, 0) is 23.7 Å². The summed E-state index contributed by atoms with van der Waals surface area (Å²) in [5.41, 5.74) is 12.3. The van der Waals surface area contributed by atoms with E-state index >= 15 is 0 Å². The van der Waals surface area contributed by atoms with Gasteiger partial charge in [0.15, 0.2) is 0 Å². The highest BCUT2D eigenvalue weighted by atomic mass is 14.3. The molecule has 0 saturated heterocycles. The Morgan fingerprint density at radius 2 is 1.07 bits per heavy atom. The first-order valence-corrected chi connectivity index (χ1v) is 10.6. The lowest BCUT2D eigenvalue weighted by atomic mass is 9.81. The fourth-order valence-corrected chi connectivity index (χ4v) is 4.41. The summed E-state index contributed by atoms with van der Waals surface area (Å²) in [5, 5.41) is 0. The molecule has 0 heteroatoms. The van der Waals surface area contributed by atoms with E-state index < -0.39 is 0 Å². The zero-order valence-corrected chi connectivity index (χ0v) is 19.0. The zero-order valence-electron chi connectivity index (χ0n) is 19.0. The molecule has 2 aromatic carbocycles. The summed E-state index contributed by atoms with van der Waals surface area (Å²) in [6.45, 7) is 18.1. The van der Waals surface area contributed by atoms with Crippen LogP contribution in [0.4, 0.5) is 0 Å². The van der Waals surface area contributed by atoms with Crippen LogP contribution in [0.3, 0.4) is 0 Å². The minimum absolute atomic E-state index is 0.256. The Kier molecular flexibility index (Phi) is 5.45. The van der Waals surface area contributed by atoms with Crippen LogP contribution >= 0.6 is 0 Å². The summed E-state index contributed by atoms with van der Waals surface area (Å²) in [6.07, 6.45) is 11.3. The minimum Gasteiger partial charge on any atom is -0.0795 e. The van der Waals surface area contributed by atoms with Gasteiger partial charge in [0.25, 0.3) is 0 Å². The van der Waals surface area contributed by atoms with Crippen molar-refractivity contribution in [2.45, 2.75) is 79.1 Å². The van der Waals surface area contributed by atoms with Crippen molar-refractivity contribution in [2.75, 3.05) is 0 Å². The summed E-state index contributed by atoms with van der Waals surface area (Å²) in [7, 11) is 0. The van der Waals surface area contributed by atoms with Crippen molar-refractivity contribution in [3.05, 3.63) is 80.9 Å². The van der Waals surface area contributed by atoms with E-state index in [1.54, 1.807) is 0 Å². The van der Waals surface area contributed by atoms with Gasteiger partial charge >= 0.3 is 0 Å². The fraction of sp³-hybridized carbons (Fsp3) is 0.429. The van der Waals surface area contributed by atoms with Crippen molar-refractivity contribution >= 4 is 12.2 Å². The van der Waals surface area contributed by atoms with Gasteiger partial charge < -0.3 is 0 Å². The molecular formula is C28H36. The summed E-state index contributed by atoms with van der Waals surface area (Å²) >= 11 is 0. The van der Waals surface area contributed by atoms with Crippen LogP contribution in [0.25, 0.3) is 12.2 Å². The molecule has 0 heterocycles. The number of aryl methyl sites for hydroxylation is 2. The van der Waals surface area contributed by atoms with Gasteiger partial charge in [-0.1, -0.05) is 90.1 Å². The predicted octanol–water partition coefficient (Wildman–Crippen LogP) is 7.72. The monoisotopic (exact) mass is 372 g/mol. The molecule has 0 saturated carbocycles. The van der Waals surface area contributed by atoms with E-state index in [4.69, 9.17) is 0 Å². The molecule has 2 aromatic rings. The average molecular weight is 373 g/mol. The second kappa shape index (κ2) is 7.39. The standard InChI is InChI=1S/2C14H18/c2*1-10-8-9-13(14(2,3)4)12-7-5-6-11(10)12/h5,7-9H,6H2,1-4H3;5-6,8-9H,7H2,1-4H3. The number of benzene rings is 2. The first-order valence-electron chi connectivity index (χ1n) is 10.6. The van der Waals surface area contributed by atoms with Crippen LogP contribution in [0.1, 0.15) is 86.1 Å². The second-order valence-electron chi connectivity index (χ2n) is 10.4. The topological polar surface area (TPSA) is 0 Å². The molecule has 2 aliphatic carbocycles. The summed E-state index contributed by atoms with van der Waals surface area (Å²) in [6, 6.07) is 9.08. The van der Waals surface area contributed by atoms with Gasteiger partial charge in [0.2, 0.25) is 0 Å². The van der Waals surface area contributed by atoms with E-state index in [0.29, 0.717) is 0 Å². The van der Waals surface area contributed by atoms with Gasteiger partial charge in [-0.05, 0) is 82.0 Å². The first-order chi connectivity index (χ1) is 13.0. The Bertz CT molecular complexity index is 937. The van der Waals surface area contributed by atoms with Crippen molar-refractivity contribution in [3.63, 3.8) is 0 Å². The van der Waals surface area contributed by atoms with Crippen LogP contribution in [0.15, 0.2) is 36.4 Å². The molecular weight excluding hydrogens is 336 g/mol. The van der Waals surface area contributed by atoms with Crippen LogP contribution in [0.5, 0.6) is 0 Å². The van der Waals surface area contributed by atoms with Crippen molar-refractivity contribution in [3.8, 4) is 0 Å². The van der Waals surface area contributed by atoms with E-state index in [1.165, 1.54) is 44.5 Å². The lowest BCUT2D eigenvalue weighted by Crippen LogP contribution is -2.14. The highest BCUT2D eigenvalue weighted by Crippen LogP contribution is 2.34. The third-order valence-electron chi connectivity index (χ3n) is 6.00. The van der Waals surface area contributed by atoms with Crippen molar-refractivity contribution < 1.29 is 0 Å². The highest BCUT2D eigenvalue weighted by Gasteiger charge is 2.22. The second-order valence-corrected chi connectivity index (χ2v) is 10.4. The van der Waals surface area contributed by atoms with Crippen LogP contribution in [0.2, 0.25) is 0 Å². The van der Waals surface area contributed by atoms with E-state index in [0.717, 1.165) is 12.8 Å². The Morgan fingerprint density at radius 3 is 1.68 bits per heavy atom. The molecule has 2 aliphatic rings. The number of fused-ring (bicyclic) bond motifs is 2. The van der Waals surface area contributed by atoms with E-state index in [9.17, 15) is 0 Å². The van der Waals surface area contributed by atoms with Crippen LogP contribution in [-0.4, -0.2) is 0 Å². The highest BCUT2D eigenvalue weighted by molar-refractivity contribution is 5.67. The predicted molar refractivity (Wildman–Crippen MR) is 125 cm³/mol. The average Bonchev–Trinajstić information content (AvgIpc) is 3.23. The number of hydrogen-bond acceptors (Lipinski definition) is 0. The minimum atomic E-state index is 0.256. The number of rotatable bonds is 0. The Morgan fingerprint density at radius 1 is 0.571 bits per heavy atom. The zero-order chi connectivity index (χ0) is 20.7. The summed E-state index contributed by atoms with van der Waals surface area (Å²) in [4.78, 5) is 0. The van der Waals surface area contributed by atoms with Gasteiger partial charge in [-0.25, -0.2) is 0 Å². The Balaban J connectivity index is 0.000000161. The van der Waals surface area contributed by atoms with Gasteiger partial charge in [0, 0.05) is 0 Å². The van der Waals surface area contributed by atoms with Crippen molar-refractivity contribution in [2.24, 2.45) is 0 Å². The molecule has 0 N–H and O–H groups in total. The molecule has 0 aliphatic heterocycles. The molecule has 148 valence electrons. The SMILES string of the molecule is Cc1ccc(C(C)(C)C)c2c1C=CC2.Cc1ccc(C(C)(C)C)c2c1CC=C2. The Hall–Kier alpha value is -2.08. The normalized spacial score (nSPS) is 14.6. The molecule has 0 unspecified atom stereocenters. The largest absolute Gasteiger partial charge is 0.0795 e. The van der Waals surface area contributed by atoms with E-state index in [2.05, 4.69) is 104 Å². The smallest absolute Gasteiger partial charge is 0.00851 e. The maximum Gasteiger partial charge on any atom is -0.00851 e. The molecule has 0 fully saturated rings. The van der Waals surface area contributed by atoms with Gasteiger partial charge in [-0.3, -0.25) is 0 Å². The lowest BCUT2D eigenvalue weighted by Gasteiger charge is -2.23. The maximum atomic E-state index is 2.29.